The molecule has 1 saturated heterocycles. The first-order chi connectivity index (χ1) is 9.95. The largest absolute Gasteiger partial charge is 0.493 e. The SMILES string of the molecule is COc1cc(S(=O)(=O)N2CCCC2C)cc(CO)c1OC. The van der Waals surface area contributed by atoms with Crippen molar-refractivity contribution in [3.05, 3.63) is 17.7 Å². The van der Waals surface area contributed by atoms with Crippen molar-refractivity contribution in [3.63, 3.8) is 0 Å². The van der Waals surface area contributed by atoms with Crippen LogP contribution in [0.3, 0.4) is 0 Å². The second-order valence-electron chi connectivity index (χ2n) is 5.08. The van der Waals surface area contributed by atoms with E-state index in [0.29, 0.717) is 23.6 Å². The van der Waals surface area contributed by atoms with Crippen LogP contribution in [0.2, 0.25) is 0 Å². The van der Waals surface area contributed by atoms with Gasteiger partial charge in [0.2, 0.25) is 10.0 Å². The lowest BCUT2D eigenvalue weighted by molar-refractivity contribution is 0.269. The van der Waals surface area contributed by atoms with E-state index in [1.807, 2.05) is 6.92 Å². The normalized spacial score (nSPS) is 19.7. The molecule has 1 aromatic carbocycles. The fraction of sp³-hybridized carbons (Fsp3) is 0.571. The van der Waals surface area contributed by atoms with Crippen LogP contribution in [0.25, 0.3) is 0 Å². The van der Waals surface area contributed by atoms with Gasteiger partial charge in [-0.3, -0.25) is 0 Å². The Hall–Kier alpha value is -1.31. The highest BCUT2D eigenvalue weighted by atomic mass is 32.2. The molecular weight excluding hydrogens is 294 g/mol. The number of sulfonamides is 1. The molecule has 0 aromatic heterocycles. The van der Waals surface area contributed by atoms with E-state index < -0.39 is 10.0 Å². The van der Waals surface area contributed by atoms with Gasteiger partial charge in [0.15, 0.2) is 11.5 Å². The third-order valence-electron chi connectivity index (χ3n) is 3.80. The second-order valence-corrected chi connectivity index (χ2v) is 6.97. The van der Waals surface area contributed by atoms with Crippen LogP contribution in [0.4, 0.5) is 0 Å². The molecule has 2 rings (SSSR count). The molecule has 6 nitrogen and oxygen atoms in total. The average molecular weight is 315 g/mol. The number of benzene rings is 1. The average Bonchev–Trinajstić information content (AvgIpc) is 2.92. The number of hydrogen-bond donors (Lipinski definition) is 1. The fourth-order valence-electron chi connectivity index (χ4n) is 2.68. The van der Waals surface area contributed by atoms with Gasteiger partial charge in [0, 0.05) is 24.2 Å². The van der Waals surface area contributed by atoms with Gasteiger partial charge in [-0.25, -0.2) is 8.42 Å². The minimum atomic E-state index is -3.59. The lowest BCUT2D eigenvalue weighted by Gasteiger charge is -2.22. The van der Waals surface area contributed by atoms with Crippen LogP contribution in [0, 0.1) is 0 Å². The molecule has 7 heteroatoms. The van der Waals surface area contributed by atoms with Crippen molar-refractivity contribution in [1.29, 1.82) is 0 Å². The van der Waals surface area contributed by atoms with Crippen molar-refractivity contribution < 1.29 is 23.0 Å². The van der Waals surface area contributed by atoms with Crippen molar-refractivity contribution in [2.24, 2.45) is 0 Å². The number of hydrogen-bond acceptors (Lipinski definition) is 5. The molecule has 1 aliphatic rings. The maximum Gasteiger partial charge on any atom is 0.243 e. The molecule has 1 N–H and O–H groups in total. The van der Waals surface area contributed by atoms with Crippen molar-refractivity contribution in [3.8, 4) is 11.5 Å². The van der Waals surface area contributed by atoms with Gasteiger partial charge in [0.1, 0.15) is 0 Å². The van der Waals surface area contributed by atoms with E-state index in [-0.39, 0.29) is 17.5 Å². The third-order valence-corrected chi connectivity index (χ3v) is 5.79. The molecule has 1 aliphatic heterocycles. The molecule has 1 fully saturated rings. The third kappa shape index (κ3) is 2.86. The molecule has 1 unspecified atom stereocenters. The summed E-state index contributed by atoms with van der Waals surface area (Å²) in [5.74, 6) is 0.655. The van der Waals surface area contributed by atoms with Crippen LogP contribution in [0.5, 0.6) is 11.5 Å². The van der Waals surface area contributed by atoms with Crippen LogP contribution in [-0.2, 0) is 16.6 Å². The smallest absolute Gasteiger partial charge is 0.243 e. The van der Waals surface area contributed by atoms with E-state index in [2.05, 4.69) is 0 Å². The number of methoxy groups -OCH3 is 2. The minimum Gasteiger partial charge on any atom is -0.493 e. The Balaban J connectivity index is 2.53. The Morgan fingerprint density at radius 3 is 2.52 bits per heavy atom. The van der Waals surface area contributed by atoms with Gasteiger partial charge in [0.25, 0.3) is 0 Å². The van der Waals surface area contributed by atoms with E-state index in [0.717, 1.165) is 12.8 Å². The summed E-state index contributed by atoms with van der Waals surface area (Å²) in [5.41, 5.74) is 0.391. The predicted molar refractivity (Wildman–Crippen MR) is 78.1 cm³/mol. The monoisotopic (exact) mass is 315 g/mol. The van der Waals surface area contributed by atoms with E-state index in [4.69, 9.17) is 9.47 Å². The molecule has 0 spiro atoms. The van der Waals surface area contributed by atoms with Gasteiger partial charge in [-0.2, -0.15) is 4.31 Å². The highest BCUT2D eigenvalue weighted by molar-refractivity contribution is 7.89. The molecule has 1 heterocycles. The number of ether oxygens (including phenoxy) is 2. The molecule has 1 aromatic rings. The van der Waals surface area contributed by atoms with Gasteiger partial charge >= 0.3 is 0 Å². The molecule has 0 amide bonds. The Morgan fingerprint density at radius 2 is 2.05 bits per heavy atom. The Bertz CT molecular complexity index is 589. The first kappa shape index (κ1) is 16.1. The zero-order chi connectivity index (χ0) is 15.6. The van der Waals surface area contributed by atoms with Gasteiger partial charge in [-0.05, 0) is 25.8 Å². The Morgan fingerprint density at radius 1 is 1.33 bits per heavy atom. The maximum absolute atomic E-state index is 12.7. The summed E-state index contributed by atoms with van der Waals surface area (Å²) in [6.07, 6.45) is 1.72. The van der Waals surface area contributed by atoms with Crippen molar-refractivity contribution in [2.75, 3.05) is 20.8 Å². The lowest BCUT2D eigenvalue weighted by Crippen LogP contribution is -2.33. The second kappa shape index (κ2) is 6.21. The molecule has 118 valence electrons. The number of nitrogens with zero attached hydrogens (tertiary/aromatic N) is 1. The summed E-state index contributed by atoms with van der Waals surface area (Å²) in [6.45, 7) is 2.10. The standard InChI is InChI=1S/C14H21NO5S/c1-10-5-4-6-15(10)21(17,18)12-7-11(9-16)14(20-3)13(8-12)19-2/h7-8,10,16H,4-6,9H2,1-3H3. The molecule has 0 saturated carbocycles. The number of aliphatic hydroxyl groups is 1. The summed E-state index contributed by atoms with van der Waals surface area (Å²) >= 11 is 0. The summed E-state index contributed by atoms with van der Waals surface area (Å²) < 4.78 is 37.3. The van der Waals surface area contributed by atoms with Crippen molar-refractivity contribution in [1.82, 2.24) is 4.31 Å². The summed E-state index contributed by atoms with van der Waals surface area (Å²) in [7, 11) is -0.701. The van der Waals surface area contributed by atoms with Crippen LogP contribution < -0.4 is 9.47 Å². The zero-order valence-electron chi connectivity index (χ0n) is 12.5. The maximum atomic E-state index is 12.7. The number of rotatable bonds is 5. The van der Waals surface area contributed by atoms with Gasteiger partial charge in [0.05, 0.1) is 25.7 Å². The molecule has 0 aliphatic carbocycles. The van der Waals surface area contributed by atoms with E-state index >= 15 is 0 Å². The minimum absolute atomic E-state index is 0.0133. The van der Waals surface area contributed by atoms with Gasteiger partial charge in [-0.15, -0.1) is 0 Å². The molecule has 21 heavy (non-hydrogen) atoms. The van der Waals surface area contributed by atoms with Gasteiger partial charge in [-0.1, -0.05) is 0 Å². The summed E-state index contributed by atoms with van der Waals surface area (Å²) in [6, 6.07) is 2.88. The van der Waals surface area contributed by atoms with Gasteiger partial charge < -0.3 is 14.6 Å². The number of aliphatic hydroxyl groups excluding tert-OH is 1. The highest BCUT2D eigenvalue weighted by Gasteiger charge is 2.33. The Labute approximate surface area is 125 Å². The zero-order valence-corrected chi connectivity index (χ0v) is 13.3. The summed E-state index contributed by atoms with van der Waals surface area (Å²) in [5, 5.41) is 9.43. The Kier molecular flexibility index (Phi) is 4.75. The lowest BCUT2D eigenvalue weighted by atomic mass is 10.2. The van der Waals surface area contributed by atoms with Crippen molar-refractivity contribution >= 4 is 10.0 Å². The molecule has 1 atom stereocenters. The topological polar surface area (TPSA) is 76.1 Å². The highest BCUT2D eigenvalue weighted by Crippen LogP contribution is 2.36. The van der Waals surface area contributed by atoms with Crippen LogP contribution in [-0.4, -0.2) is 44.6 Å². The van der Waals surface area contributed by atoms with Crippen molar-refractivity contribution in [2.45, 2.75) is 37.3 Å². The quantitative estimate of drug-likeness (QED) is 0.888. The first-order valence-corrected chi connectivity index (χ1v) is 8.27. The molecular formula is C14H21NO5S. The van der Waals surface area contributed by atoms with Crippen LogP contribution >= 0.6 is 0 Å². The van der Waals surface area contributed by atoms with Crippen LogP contribution in [0.1, 0.15) is 25.3 Å². The molecule has 0 radical (unpaired) electrons. The first-order valence-electron chi connectivity index (χ1n) is 6.83. The predicted octanol–water partition coefficient (Wildman–Crippen LogP) is 1.37. The van der Waals surface area contributed by atoms with Crippen LogP contribution in [0.15, 0.2) is 17.0 Å². The molecule has 0 bridgehead atoms. The summed E-state index contributed by atoms with van der Waals surface area (Å²) in [4.78, 5) is 0.123. The fourth-order valence-corrected chi connectivity index (χ4v) is 4.45. The van der Waals surface area contributed by atoms with E-state index in [1.165, 1.54) is 30.7 Å². The van der Waals surface area contributed by atoms with E-state index in [9.17, 15) is 13.5 Å². The van der Waals surface area contributed by atoms with E-state index in [1.54, 1.807) is 0 Å².